The number of aliphatic imine (C=N–C) groups is 1. The van der Waals surface area contributed by atoms with E-state index < -0.39 is 0 Å². The van der Waals surface area contributed by atoms with E-state index in [9.17, 15) is 0 Å². The lowest BCUT2D eigenvalue weighted by Gasteiger charge is -2.26. The molecule has 5 nitrogen and oxygen atoms in total. The van der Waals surface area contributed by atoms with Crippen LogP contribution in [0.4, 0.5) is 0 Å². The molecule has 1 fully saturated rings. The molecule has 3 rings (SSSR count). The molecular weight excluding hydrogens is 356 g/mol. The highest BCUT2D eigenvalue weighted by molar-refractivity contribution is 7.11. The van der Waals surface area contributed by atoms with Crippen LogP contribution in [0.5, 0.6) is 0 Å². The summed E-state index contributed by atoms with van der Waals surface area (Å²) in [6.07, 6.45) is 0. The van der Waals surface area contributed by atoms with Crippen LogP contribution in [0.2, 0.25) is 0 Å². The van der Waals surface area contributed by atoms with Crippen LogP contribution in [0, 0.1) is 6.92 Å². The van der Waals surface area contributed by atoms with Crippen LogP contribution in [0.1, 0.15) is 27.8 Å². The second-order valence-electron chi connectivity index (χ2n) is 6.77. The Balaban J connectivity index is 1.51. The number of hydrogen-bond acceptors (Lipinski definition) is 4. The third-order valence-corrected chi connectivity index (χ3v) is 5.52. The average Bonchev–Trinajstić information content (AvgIpc) is 3.11. The van der Waals surface area contributed by atoms with E-state index in [1.165, 1.54) is 20.9 Å². The third-order valence-electron chi connectivity index (χ3n) is 4.52. The van der Waals surface area contributed by atoms with Crippen molar-refractivity contribution < 1.29 is 4.74 Å². The highest BCUT2D eigenvalue weighted by Gasteiger charge is 2.10. The van der Waals surface area contributed by atoms with Gasteiger partial charge in [-0.3, -0.25) is 4.90 Å². The molecule has 1 aliphatic heterocycles. The normalized spacial score (nSPS) is 15.7. The van der Waals surface area contributed by atoms with Crippen molar-refractivity contribution in [3.05, 3.63) is 57.3 Å². The largest absolute Gasteiger partial charge is 0.379 e. The molecule has 0 unspecified atom stereocenters. The van der Waals surface area contributed by atoms with Crippen molar-refractivity contribution in [3.63, 3.8) is 0 Å². The number of hydrogen-bond donors (Lipinski definition) is 2. The fraction of sp³-hybridized carbons (Fsp3) is 0.476. The van der Waals surface area contributed by atoms with E-state index in [1.54, 1.807) is 0 Å². The van der Waals surface area contributed by atoms with Gasteiger partial charge in [0.1, 0.15) is 0 Å². The number of thiophene rings is 1. The second-order valence-corrected chi connectivity index (χ2v) is 8.14. The lowest BCUT2D eigenvalue weighted by molar-refractivity contribution is 0.0342. The van der Waals surface area contributed by atoms with Gasteiger partial charge in [-0.2, -0.15) is 0 Å². The Hall–Kier alpha value is -1.89. The number of ether oxygens (including phenoxy) is 1. The first-order valence-electron chi connectivity index (χ1n) is 9.68. The summed E-state index contributed by atoms with van der Waals surface area (Å²) in [5, 5.41) is 6.74. The fourth-order valence-corrected chi connectivity index (χ4v) is 3.86. The van der Waals surface area contributed by atoms with E-state index in [-0.39, 0.29) is 0 Å². The van der Waals surface area contributed by atoms with Gasteiger partial charge in [-0.25, -0.2) is 4.99 Å². The predicted octanol–water partition coefficient (Wildman–Crippen LogP) is 3.14. The maximum Gasteiger partial charge on any atom is 0.191 e. The van der Waals surface area contributed by atoms with Crippen molar-refractivity contribution in [2.75, 3.05) is 32.8 Å². The van der Waals surface area contributed by atoms with E-state index in [0.29, 0.717) is 6.54 Å². The standard InChI is InChI=1S/C21H30N4OS/c1-3-22-21(24-15-20-9-4-17(2)27-20)23-14-18-5-7-19(8-6-18)16-25-10-12-26-13-11-25/h4-9H,3,10-16H2,1-2H3,(H2,22,23,24). The number of guanidine groups is 1. The molecule has 2 N–H and O–H groups in total. The Labute approximate surface area is 166 Å². The van der Waals surface area contributed by atoms with Gasteiger partial charge in [-0.15, -0.1) is 11.3 Å². The summed E-state index contributed by atoms with van der Waals surface area (Å²) in [4.78, 5) is 9.83. The molecule has 27 heavy (non-hydrogen) atoms. The smallest absolute Gasteiger partial charge is 0.191 e. The average molecular weight is 387 g/mol. The van der Waals surface area contributed by atoms with E-state index in [1.807, 2.05) is 11.3 Å². The number of aryl methyl sites for hydroxylation is 1. The van der Waals surface area contributed by atoms with Crippen molar-refractivity contribution in [3.8, 4) is 0 Å². The summed E-state index contributed by atoms with van der Waals surface area (Å²) < 4.78 is 5.41. The minimum atomic E-state index is 0.677. The minimum absolute atomic E-state index is 0.677. The van der Waals surface area contributed by atoms with E-state index in [0.717, 1.165) is 51.9 Å². The minimum Gasteiger partial charge on any atom is -0.379 e. The van der Waals surface area contributed by atoms with Crippen LogP contribution in [0.15, 0.2) is 41.4 Å². The van der Waals surface area contributed by atoms with Crippen molar-refractivity contribution >= 4 is 17.3 Å². The van der Waals surface area contributed by atoms with Gasteiger partial charge in [-0.05, 0) is 37.1 Å². The second kappa shape index (κ2) is 10.4. The first-order chi connectivity index (χ1) is 13.2. The third kappa shape index (κ3) is 6.65. The summed E-state index contributed by atoms with van der Waals surface area (Å²) in [6.45, 7) is 11.3. The molecule has 1 saturated heterocycles. The summed E-state index contributed by atoms with van der Waals surface area (Å²) in [7, 11) is 0. The molecule has 1 aromatic heterocycles. The van der Waals surface area contributed by atoms with Gasteiger partial charge in [0.05, 0.1) is 26.3 Å². The summed E-state index contributed by atoms with van der Waals surface area (Å²) >= 11 is 1.82. The van der Waals surface area contributed by atoms with Gasteiger partial charge in [0, 0.05) is 35.9 Å². The molecule has 0 amide bonds. The topological polar surface area (TPSA) is 48.9 Å². The summed E-state index contributed by atoms with van der Waals surface area (Å²) in [5.74, 6) is 0.862. The Bertz CT molecular complexity index is 720. The molecule has 1 aromatic carbocycles. The number of morpholine rings is 1. The molecule has 2 heterocycles. The quantitative estimate of drug-likeness (QED) is 0.567. The lowest BCUT2D eigenvalue weighted by Crippen LogP contribution is -2.36. The fourth-order valence-electron chi connectivity index (χ4n) is 3.03. The molecule has 0 saturated carbocycles. The molecule has 1 aliphatic rings. The van der Waals surface area contributed by atoms with Crippen molar-refractivity contribution in [2.24, 2.45) is 4.99 Å². The van der Waals surface area contributed by atoms with Crippen molar-refractivity contribution in [1.82, 2.24) is 15.5 Å². The SMILES string of the molecule is CCNC(=NCc1ccc(CN2CCOCC2)cc1)NCc1ccc(C)s1. The monoisotopic (exact) mass is 386 g/mol. The van der Waals surface area contributed by atoms with Crippen molar-refractivity contribution in [2.45, 2.75) is 33.5 Å². The van der Waals surface area contributed by atoms with Crippen LogP contribution in [0.25, 0.3) is 0 Å². The molecule has 6 heteroatoms. The van der Waals surface area contributed by atoms with E-state index in [2.05, 4.69) is 65.8 Å². The van der Waals surface area contributed by atoms with Crippen LogP contribution >= 0.6 is 11.3 Å². The summed E-state index contributed by atoms with van der Waals surface area (Å²) in [5.41, 5.74) is 2.58. The van der Waals surface area contributed by atoms with Crippen LogP contribution in [-0.2, 0) is 24.4 Å². The first-order valence-corrected chi connectivity index (χ1v) is 10.5. The molecule has 0 spiro atoms. The predicted molar refractivity (Wildman–Crippen MR) is 113 cm³/mol. The van der Waals surface area contributed by atoms with Crippen LogP contribution in [-0.4, -0.2) is 43.7 Å². The van der Waals surface area contributed by atoms with E-state index in [4.69, 9.17) is 9.73 Å². The zero-order valence-corrected chi connectivity index (χ0v) is 17.1. The molecular formula is C21H30N4OS. The van der Waals surface area contributed by atoms with Crippen LogP contribution < -0.4 is 10.6 Å². The Morgan fingerprint density at radius 1 is 1.07 bits per heavy atom. The van der Waals surface area contributed by atoms with Gasteiger partial charge in [0.25, 0.3) is 0 Å². The maximum absolute atomic E-state index is 5.41. The van der Waals surface area contributed by atoms with Crippen LogP contribution in [0.3, 0.4) is 0 Å². The number of rotatable bonds is 7. The molecule has 0 atom stereocenters. The molecule has 0 radical (unpaired) electrons. The molecule has 0 bridgehead atoms. The molecule has 0 aliphatic carbocycles. The maximum atomic E-state index is 5.41. The summed E-state index contributed by atoms with van der Waals surface area (Å²) in [6, 6.07) is 13.1. The first kappa shape index (κ1) is 19.9. The zero-order valence-electron chi connectivity index (χ0n) is 16.3. The number of nitrogens with zero attached hydrogens (tertiary/aromatic N) is 2. The van der Waals surface area contributed by atoms with E-state index >= 15 is 0 Å². The highest BCUT2D eigenvalue weighted by Crippen LogP contribution is 2.14. The van der Waals surface area contributed by atoms with Gasteiger partial charge >= 0.3 is 0 Å². The van der Waals surface area contributed by atoms with Gasteiger partial charge in [-0.1, -0.05) is 24.3 Å². The lowest BCUT2D eigenvalue weighted by atomic mass is 10.1. The molecule has 146 valence electrons. The van der Waals surface area contributed by atoms with Crippen molar-refractivity contribution in [1.29, 1.82) is 0 Å². The van der Waals surface area contributed by atoms with Gasteiger partial charge in [0.2, 0.25) is 0 Å². The Kier molecular flexibility index (Phi) is 7.68. The molecule has 2 aromatic rings. The number of nitrogens with one attached hydrogen (secondary N) is 2. The van der Waals surface area contributed by atoms with Gasteiger partial charge in [0.15, 0.2) is 5.96 Å². The van der Waals surface area contributed by atoms with Gasteiger partial charge < -0.3 is 15.4 Å². The Morgan fingerprint density at radius 3 is 2.48 bits per heavy atom. The number of benzene rings is 1. The highest BCUT2D eigenvalue weighted by atomic mass is 32.1. The zero-order chi connectivity index (χ0) is 18.9. The Morgan fingerprint density at radius 2 is 1.81 bits per heavy atom.